The molecule has 0 bridgehead atoms. The Hall–Kier alpha value is 0.270. The van der Waals surface area contributed by atoms with Gasteiger partial charge < -0.3 is 9.29 Å². The summed E-state index contributed by atoms with van der Waals surface area (Å²) in [6, 6.07) is 0. The van der Waals surface area contributed by atoms with E-state index < -0.39 is 0 Å². The van der Waals surface area contributed by atoms with E-state index in [-0.39, 0.29) is 6.10 Å². The first-order chi connectivity index (χ1) is 13.3. The van der Waals surface area contributed by atoms with E-state index in [4.69, 9.17) is 4.18 Å². The van der Waals surface area contributed by atoms with Gasteiger partial charge in [0.25, 0.3) is 0 Å². The first-order valence-corrected chi connectivity index (χ1v) is 12.7. The van der Waals surface area contributed by atoms with Gasteiger partial charge in [-0.2, -0.15) is 0 Å². The average Bonchev–Trinajstić information content (AvgIpc) is 3.03. The van der Waals surface area contributed by atoms with E-state index in [1.165, 1.54) is 44.9 Å². The summed E-state index contributed by atoms with van der Waals surface area (Å²) < 4.78 is 5.11. The lowest BCUT2D eigenvalue weighted by atomic mass is 9.42. The molecule has 2 nitrogen and oxygen atoms in total. The molecule has 0 radical (unpaired) electrons. The first-order valence-electron chi connectivity index (χ1n) is 12.3. The highest BCUT2D eigenvalue weighted by Gasteiger charge is 2.62. The quantitative estimate of drug-likeness (QED) is 0.400. The topological polar surface area (TPSA) is 29.5 Å². The van der Waals surface area contributed by atoms with Crippen molar-refractivity contribution in [1.82, 2.24) is 0 Å². The molecule has 10 atom stereocenters. The number of fused-ring (bicyclic) bond motifs is 5. The lowest BCUT2D eigenvalue weighted by molar-refractivity contribution is -0.152. The zero-order valence-electron chi connectivity index (χ0n) is 18.7. The molecule has 0 heterocycles. The number of hydrogen-bond donors (Lipinski definition) is 2. The van der Waals surface area contributed by atoms with Crippen LogP contribution in [0.2, 0.25) is 0 Å². The van der Waals surface area contributed by atoms with Crippen LogP contribution in [-0.4, -0.2) is 17.8 Å². The molecule has 4 saturated carbocycles. The molecule has 4 fully saturated rings. The summed E-state index contributed by atoms with van der Waals surface area (Å²) in [5.41, 5.74) is 1.01. The van der Waals surface area contributed by atoms with Crippen LogP contribution in [0, 0.1) is 52.3 Å². The van der Waals surface area contributed by atoms with Gasteiger partial charge in [-0.1, -0.05) is 34.1 Å². The fourth-order valence-corrected chi connectivity index (χ4v) is 9.45. The maximum absolute atomic E-state index is 10.4. The smallest absolute Gasteiger partial charge is 0.0613 e. The van der Waals surface area contributed by atoms with E-state index in [9.17, 15) is 5.11 Å². The number of aliphatic hydroxyl groups excluding tert-OH is 1. The highest BCUT2D eigenvalue weighted by atomic mass is 32.1. The molecule has 28 heavy (non-hydrogen) atoms. The number of rotatable bonds is 5. The molecule has 162 valence electrons. The van der Waals surface area contributed by atoms with Gasteiger partial charge in [0.2, 0.25) is 0 Å². The van der Waals surface area contributed by atoms with Gasteiger partial charge in [0, 0.05) is 0 Å². The summed E-state index contributed by atoms with van der Waals surface area (Å²) in [5.74, 6) is 5.96. The third-order valence-electron chi connectivity index (χ3n) is 10.8. The average molecular weight is 409 g/mol. The second kappa shape index (κ2) is 8.08. The highest BCUT2D eigenvalue weighted by molar-refractivity contribution is 7.75. The molecule has 0 aromatic heterocycles. The monoisotopic (exact) mass is 408 g/mol. The van der Waals surface area contributed by atoms with Crippen molar-refractivity contribution in [1.29, 1.82) is 0 Å². The molecule has 1 N–H and O–H groups in total. The van der Waals surface area contributed by atoms with E-state index in [1.807, 2.05) is 0 Å². The van der Waals surface area contributed by atoms with Gasteiger partial charge in [-0.15, -0.1) is 0 Å². The number of thiol groups is 1. The molecule has 7 unspecified atom stereocenters. The van der Waals surface area contributed by atoms with Gasteiger partial charge in [-0.05, 0) is 123 Å². The number of aliphatic hydroxyl groups is 1. The zero-order chi connectivity index (χ0) is 20.1. The standard InChI is InChI=1S/C25H44O2S/c1-5-17-14-19-21-7-6-20(16(2)10-13-27-28)24(21,3)12-9-22(19)25(4)11-8-18(26)15-23(17)25/h16-23,26,28H,5-15H2,1-4H3/t16-,17+,18-,19?,20?,21?,22?,23?,24?,25?/m1/s1. The van der Waals surface area contributed by atoms with E-state index in [0.717, 1.165) is 67.3 Å². The summed E-state index contributed by atoms with van der Waals surface area (Å²) >= 11 is 3.97. The minimum Gasteiger partial charge on any atom is -0.393 e. The third kappa shape index (κ3) is 3.30. The minimum absolute atomic E-state index is 0.0386. The maximum Gasteiger partial charge on any atom is 0.0613 e. The van der Waals surface area contributed by atoms with Crippen molar-refractivity contribution in [3.63, 3.8) is 0 Å². The molecule has 4 rings (SSSR count). The minimum atomic E-state index is -0.0386. The molecule has 0 aliphatic heterocycles. The fraction of sp³-hybridized carbons (Fsp3) is 1.00. The summed E-state index contributed by atoms with van der Waals surface area (Å²) in [6.45, 7) is 10.9. The van der Waals surface area contributed by atoms with Gasteiger partial charge in [-0.25, -0.2) is 0 Å². The van der Waals surface area contributed by atoms with Crippen molar-refractivity contribution in [2.24, 2.45) is 52.3 Å². The van der Waals surface area contributed by atoms with Crippen LogP contribution in [0.1, 0.15) is 91.9 Å². The summed E-state index contributed by atoms with van der Waals surface area (Å²) in [6.07, 6.45) is 13.0. The molecule has 4 aliphatic carbocycles. The Morgan fingerprint density at radius 2 is 1.71 bits per heavy atom. The maximum atomic E-state index is 10.4. The summed E-state index contributed by atoms with van der Waals surface area (Å²) in [7, 11) is 0. The summed E-state index contributed by atoms with van der Waals surface area (Å²) in [4.78, 5) is 0. The molecule has 0 spiro atoms. The van der Waals surface area contributed by atoms with Gasteiger partial charge >= 0.3 is 0 Å². The van der Waals surface area contributed by atoms with Crippen LogP contribution in [0.25, 0.3) is 0 Å². The van der Waals surface area contributed by atoms with E-state index in [1.54, 1.807) is 0 Å². The van der Waals surface area contributed by atoms with Crippen molar-refractivity contribution in [2.45, 2.75) is 98.0 Å². The lowest BCUT2D eigenvalue weighted by Gasteiger charge is -2.63. The normalized spacial score (nSPS) is 51.9. The van der Waals surface area contributed by atoms with Crippen LogP contribution in [-0.2, 0) is 4.18 Å². The molecular formula is C25H44O2S. The second-order valence-corrected chi connectivity index (χ2v) is 11.9. The Kier molecular flexibility index (Phi) is 6.20. The van der Waals surface area contributed by atoms with Crippen LogP contribution in [0.4, 0.5) is 0 Å². The Labute approximate surface area is 179 Å². The Balaban J connectivity index is 1.58. The SMILES string of the molecule is CC[C@H]1CC2C(CCC3(C)C2CCC3[C@H](C)CCOS)C2(C)CC[C@@H](O)CC12. The van der Waals surface area contributed by atoms with E-state index in [0.29, 0.717) is 10.8 Å². The molecule has 3 heteroatoms. The van der Waals surface area contributed by atoms with Crippen LogP contribution in [0.5, 0.6) is 0 Å². The largest absolute Gasteiger partial charge is 0.393 e. The van der Waals surface area contributed by atoms with Crippen LogP contribution < -0.4 is 0 Å². The first kappa shape index (κ1) is 21.5. The Morgan fingerprint density at radius 3 is 2.43 bits per heavy atom. The Bertz CT molecular complexity index is 553. The molecular weight excluding hydrogens is 364 g/mol. The fourth-order valence-electron chi connectivity index (χ4n) is 9.35. The van der Waals surface area contributed by atoms with Crippen molar-refractivity contribution in [2.75, 3.05) is 6.61 Å². The second-order valence-electron chi connectivity index (χ2n) is 11.6. The van der Waals surface area contributed by atoms with Crippen LogP contribution in [0.3, 0.4) is 0 Å². The van der Waals surface area contributed by atoms with Gasteiger partial charge in [-0.3, -0.25) is 0 Å². The molecule has 0 saturated heterocycles. The van der Waals surface area contributed by atoms with Crippen LogP contribution >= 0.6 is 12.9 Å². The highest BCUT2D eigenvalue weighted by Crippen LogP contribution is 2.69. The van der Waals surface area contributed by atoms with Gasteiger partial charge in [0.1, 0.15) is 0 Å². The molecule has 4 aliphatic rings. The van der Waals surface area contributed by atoms with Gasteiger partial charge in [0.05, 0.1) is 12.7 Å². The molecule has 0 amide bonds. The number of hydrogen-bond acceptors (Lipinski definition) is 3. The molecule has 0 aromatic carbocycles. The van der Waals surface area contributed by atoms with Crippen molar-refractivity contribution in [3.05, 3.63) is 0 Å². The predicted octanol–water partition coefficient (Wildman–Crippen LogP) is 6.53. The van der Waals surface area contributed by atoms with Crippen molar-refractivity contribution < 1.29 is 9.29 Å². The third-order valence-corrected chi connectivity index (χ3v) is 10.9. The lowest BCUT2D eigenvalue weighted by Crippen LogP contribution is -2.56. The van der Waals surface area contributed by atoms with Crippen LogP contribution in [0.15, 0.2) is 0 Å². The van der Waals surface area contributed by atoms with Crippen molar-refractivity contribution >= 4 is 12.9 Å². The summed E-state index contributed by atoms with van der Waals surface area (Å²) in [5, 5.41) is 10.4. The molecule has 0 aromatic rings. The van der Waals surface area contributed by atoms with Gasteiger partial charge in [0.15, 0.2) is 0 Å². The Morgan fingerprint density at radius 1 is 1.00 bits per heavy atom. The van der Waals surface area contributed by atoms with Crippen molar-refractivity contribution in [3.8, 4) is 0 Å². The predicted molar refractivity (Wildman–Crippen MR) is 119 cm³/mol. The van der Waals surface area contributed by atoms with E-state index >= 15 is 0 Å². The zero-order valence-corrected chi connectivity index (χ0v) is 19.6. The van der Waals surface area contributed by atoms with E-state index in [2.05, 4.69) is 40.6 Å².